The van der Waals surface area contributed by atoms with Gasteiger partial charge in [0.2, 0.25) is 0 Å². The zero-order chi connectivity index (χ0) is 18.0. The predicted molar refractivity (Wildman–Crippen MR) is 91.7 cm³/mol. The van der Waals surface area contributed by atoms with E-state index < -0.39 is 12.1 Å². The number of aromatic nitrogens is 5. The molecule has 1 atom stereocenters. The summed E-state index contributed by atoms with van der Waals surface area (Å²) >= 11 is 1.04. The average Bonchev–Trinajstić information content (AvgIpc) is 3.15. The minimum absolute atomic E-state index is 0.156. The number of benzene rings is 1. The first-order chi connectivity index (χ1) is 12.0. The number of rotatable bonds is 6. The number of carboxylic acid groups (broad SMARTS) is 1. The number of hydrogen-bond donors (Lipinski definition) is 2. The second kappa shape index (κ2) is 7.08. The van der Waals surface area contributed by atoms with Crippen molar-refractivity contribution in [3.8, 4) is 5.82 Å². The molecule has 0 aliphatic heterocycles. The van der Waals surface area contributed by atoms with Crippen LogP contribution in [0, 0.1) is 6.92 Å². The van der Waals surface area contributed by atoms with Crippen LogP contribution in [0.2, 0.25) is 0 Å². The van der Waals surface area contributed by atoms with Crippen molar-refractivity contribution in [2.45, 2.75) is 18.2 Å². The maximum absolute atomic E-state index is 10.9. The minimum Gasteiger partial charge on any atom is -0.481 e. The molecule has 0 spiro atoms. The normalized spacial score (nSPS) is 12.3. The molecule has 0 aliphatic rings. The van der Waals surface area contributed by atoms with Crippen LogP contribution in [0.15, 0.2) is 41.6 Å². The van der Waals surface area contributed by atoms with Crippen molar-refractivity contribution in [3.05, 3.63) is 53.5 Å². The van der Waals surface area contributed by atoms with E-state index in [0.717, 1.165) is 17.5 Å². The molecular formula is C16H17N5O3S. The number of carbonyl (C=O) groups is 1. The first kappa shape index (κ1) is 17.2. The Kier molecular flexibility index (Phi) is 4.86. The largest absolute Gasteiger partial charge is 0.481 e. The van der Waals surface area contributed by atoms with Gasteiger partial charge >= 0.3 is 5.97 Å². The van der Waals surface area contributed by atoms with Crippen LogP contribution in [-0.4, -0.2) is 46.5 Å². The van der Waals surface area contributed by atoms with Gasteiger partial charge in [0, 0.05) is 13.1 Å². The van der Waals surface area contributed by atoms with Gasteiger partial charge in [-0.05, 0) is 12.5 Å². The lowest BCUT2D eigenvalue weighted by molar-refractivity contribution is -0.133. The molecule has 0 bridgehead atoms. The van der Waals surface area contributed by atoms with Crippen molar-refractivity contribution in [2.24, 2.45) is 7.05 Å². The predicted octanol–water partition coefficient (Wildman–Crippen LogP) is 1.57. The number of hydrogen-bond acceptors (Lipinski definition) is 6. The van der Waals surface area contributed by atoms with Crippen LogP contribution in [0.5, 0.6) is 0 Å². The molecule has 9 heteroatoms. The van der Waals surface area contributed by atoms with Crippen LogP contribution < -0.4 is 0 Å². The topological polar surface area (TPSA) is 106 Å². The second-order valence-corrected chi connectivity index (χ2v) is 6.38. The van der Waals surface area contributed by atoms with Crippen molar-refractivity contribution in [1.29, 1.82) is 0 Å². The van der Waals surface area contributed by atoms with Crippen molar-refractivity contribution in [1.82, 2.24) is 24.5 Å². The van der Waals surface area contributed by atoms with Crippen LogP contribution in [0.4, 0.5) is 0 Å². The van der Waals surface area contributed by atoms with Crippen LogP contribution in [0.1, 0.15) is 23.2 Å². The first-order valence-electron chi connectivity index (χ1n) is 7.51. The Balaban J connectivity index is 2.09. The second-order valence-electron chi connectivity index (χ2n) is 5.44. The van der Waals surface area contributed by atoms with Gasteiger partial charge in [-0.3, -0.25) is 14.0 Å². The molecule has 2 aromatic heterocycles. The van der Waals surface area contributed by atoms with Gasteiger partial charge < -0.3 is 10.2 Å². The van der Waals surface area contributed by atoms with Crippen molar-refractivity contribution < 1.29 is 15.0 Å². The average molecular weight is 359 g/mol. The zero-order valence-electron chi connectivity index (χ0n) is 13.7. The maximum Gasteiger partial charge on any atom is 0.313 e. The Labute approximate surface area is 148 Å². The molecule has 0 amide bonds. The van der Waals surface area contributed by atoms with Gasteiger partial charge in [0.15, 0.2) is 11.0 Å². The van der Waals surface area contributed by atoms with Crippen molar-refractivity contribution in [2.75, 3.05) is 5.75 Å². The summed E-state index contributed by atoms with van der Waals surface area (Å²) in [5.41, 5.74) is 1.46. The van der Waals surface area contributed by atoms with Gasteiger partial charge in [-0.1, -0.05) is 42.1 Å². The molecule has 0 unspecified atom stereocenters. The lowest BCUT2D eigenvalue weighted by Crippen LogP contribution is -2.13. The molecule has 0 saturated heterocycles. The fraction of sp³-hybridized carbons (Fsp3) is 0.250. The molecule has 0 saturated carbocycles. The van der Waals surface area contributed by atoms with E-state index in [2.05, 4.69) is 15.3 Å². The summed E-state index contributed by atoms with van der Waals surface area (Å²) < 4.78 is 3.29. The van der Waals surface area contributed by atoms with E-state index in [1.165, 1.54) is 0 Å². The highest BCUT2D eigenvalue weighted by Gasteiger charge is 2.24. The number of thioether (sulfide) groups is 1. The molecule has 130 valence electrons. The lowest BCUT2D eigenvalue weighted by Gasteiger charge is -2.14. The summed E-state index contributed by atoms with van der Waals surface area (Å²) in [6.07, 6.45) is -0.997. The maximum atomic E-state index is 10.9. The quantitative estimate of drug-likeness (QED) is 0.643. The molecule has 2 heterocycles. The SMILES string of the molecule is Cc1cc(-n2c(SCC(=O)O)nnc2[C@H](O)c2ccccc2)n(C)n1. The van der Waals surface area contributed by atoms with Gasteiger partial charge in [0.05, 0.1) is 11.4 Å². The van der Waals surface area contributed by atoms with E-state index >= 15 is 0 Å². The van der Waals surface area contributed by atoms with Crippen molar-refractivity contribution in [3.63, 3.8) is 0 Å². The van der Waals surface area contributed by atoms with E-state index in [1.807, 2.05) is 31.2 Å². The third-order valence-electron chi connectivity index (χ3n) is 3.55. The number of aliphatic hydroxyl groups is 1. The first-order valence-corrected chi connectivity index (χ1v) is 8.50. The van der Waals surface area contributed by atoms with Crippen molar-refractivity contribution >= 4 is 17.7 Å². The summed E-state index contributed by atoms with van der Waals surface area (Å²) in [7, 11) is 1.77. The van der Waals surface area contributed by atoms with Crippen LogP contribution >= 0.6 is 11.8 Å². The number of aliphatic hydroxyl groups excluding tert-OH is 1. The summed E-state index contributed by atoms with van der Waals surface area (Å²) in [4.78, 5) is 10.9. The van der Waals surface area contributed by atoms with Crippen LogP contribution in [0.3, 0.4) is 0 Å². The smallest absolute Gasteiger partial charge is 0.313 e. The van der Waals surface area contributed by atoms with E-state index in [-0.39, 0.29) is 5.75 Å². The molecule has 0 radical (unpaired) electrons. The minimum atomic E-state index is -0.997. The number of aryl methyl sites for hydroxylation is 2. The molecule has 2 N–H and O–H groups in total. The van der Waals surface area contributed by atoms with Crippen LogP contribution in [0.25, 0.3) is 5.82 Å². The fourth-order valence-electron chi connectivity index (χ4n) is 2.48. The Hall–Kier alpha value is -2.65. The Morgan fingerprint density at radius 1 is 1.28 bits per heavy atom. The Morgan fingerprint density at radius 2 is 2.00 bits per heavy atom. The Bertz CT molecular complexity index is 891. The lowest BCUT2D eigenvalue weighted by atomic mass is 10.1. The molecule has 3 aromatic rings. The molecule has 25 heavy (non-hydrogen) atoms. The molecular weight excluding hydrogens is 342 g/mol. The van der Waals surface area contributed by atoms with Gasteiger partial charge in [0.25, 0.3) is 0 Å². The molecule has 0 fully saturated rings. The molecule has 0 aliphatic carbocycles. The Morgan fingerprint density at radius 3 is 2.60 bits per heavy atom. The highest BCUT2D eigenvalue weighted by molar-refractivity contribution is 7.99. The molecule has 3 rings (SSSR count). The summed E-state index contributed by atoms with van der Waals surface area (Å²) in [5.74, 6) is -0.149. The van der Waals surface area contributed by atoms with E-state index in [9.17, 15) is 9.90 Å². The van der Waals surface area contributed by atoms with E-state index in [1.54, 1.807) is 28.4 Å². The highest BCUT2D eigenvalue weighted by atomic mass is 32.2. The zero-order valence-corrected chi connectivity index (χ0v) is 14.5. The molecule has 1 aromatic carbocycles. The summed E-state index contributed by atoms with van der Waals surface area (Å²) in [6, 6.07) is 10.9. The monoisotopic (exact) mass is 359 g/mol. The number of nitrogens with zero attached hydrogens (tertiary/aromatic N) is 5. The van der Waals surface area contributed by atoms with E-state index in [4.69, 9.17) is 5.11 Å². The van der Waals surface area contributed by atoms with Gasteiger partial charge in [0.1, 0.15) is 11.9 Å². The standard InChI is InChI=1S/C16H17N5O3S/c1-10-8-12(20(2)19-10)21-15(14(24)11-6-4-3-5-7-11)17-18-16(21)25-9-13(22)23/h3-8,14,24H,9H2,1-2H3,(H,22,23)/t14-/m1/s1. The summed E-state index contributed by atoms with van der Waals surface area (Å²) in [6.45, 7) is 1.85. The number of aliphatic carboxylic acids is 1. The van der Waals surface area contributed by atoms with Gasteiger partial charge in [-0.2, -0.15) is 5.10 Å². The van der Waals surface area contributed by atoms with Gasteiger partial charge in [-0.15, -0.1) is 10.2 Å². The van der Waals surface area contributed by atoms with Crippen LogP contribution in [-0.2, 0) is 11.8 Å². The number of carboxylic acids is 1. The van der Waals surface area contributed by atoms with E-state index in [0.29, 0.717) is 22.4 Å². The third-order valence-corrected chi connectivity index (χ3v) is 4.46. The fourth-order valence-corrected chi connectivity index (χ4v) is 3.15. The summed E-state index contributed by atoms with van der Waals surface area (Å²) in [5, 5.41) is 32.6. The highest BCUT2D eigenvalue weighted by Crippen LogP contribution is 2.28. The van der Waals surface area contributed by atoms with Gasteiger partial charge in [-0.25, -0.2) is 0 Å². The molecule has 8 nitrogen and oxygen atoms in total. The third kappa shape index (κ3) is 3.57.